The van der Waals surface area contributed by atoms with Gasteiger partial charge in [0.05, 0.1) is 19.8 Å². The topological polar surface area (TPSA) is 47.6 Å². The minimum absolute atomic E-state index is 0.0983. The fourth-order valence-corrected chi connectivity index (χ4v) is 2.11. The monoisotopic (exact) mass is 293 g/mol. The lowest BCUT2D eigenvalue weighted by molar-refractivity contribution is -0.153. The molecule has 4 heteroatoms. The third kappa shape index (κ3) is 4.55. The van der Waals surface area contributed by atoms with Crippen LogP contribution in [0.2, 0.25) is 0 Å². The summed E-state index contributed by atoms with van der Waals surface area (Å²) in [5, 5.41) is 3.33. The maximum absolute atomic E-state index is 12.5. The van der Waals surface area contributed by atoms with Crippen LogP contribution in [-0.4, -0.2) is 32.3 Å². The van der Waals surface area contributed by atoms with Crippen molar-refractivity contribution in [1.29, 1.82) is 0 Å². The molecule has 0 aromatic heterocycles. The smallest absolute Gasteiger partial charge is 0.333 e. The van der Waals surface area contributed by atoms with Crippen LogP contribution in [0.1, 0.15) is 39.2 Å². The van der Waals surface area contributed by atoms with E-state index in [1.807, 2.05) is 37.3 Å². The van der Waals surface area contributed by atoms with E-state index in [0.29, 0.717) is 6.54 Å². The van der Waals surface area contributed by atoms with Crippen molar-refractivity contribution in [3.05, 3.63) is 35.9 Å². The van der Waals surface area contributed by atoms with Crippen LogP contribution in [0, 0.1) is 0 Å². The van der Waals surface area contributed by atoms with Crippen molar-refractivity contribution in [3.8, 4) is 0 Å². The molecule has 0 bridgehead atoms. The second-order valence-corrected chi connectivity index (χ2v) is 5.22. The number of rotatable bonds is 9. The average molecular weight is 293 g/mol. The minimum atomic E-state index is -0.949. The van der Waals surface area contributed by atoms with E-state index in [9.17, 15) is 4.79 Å². The van der Waals surface area contributed by atoms with Gasteiger partial charge in [0.1, 0.15) is 0 Å². The number of ether oxygens (including phenoxy) is 2. The first-order valence-corrected chi connectivity index (χ1v) is 7.61. The van der Waals surface area contributed by atoms with Crippen molar-refractivity contribution in [1.82, 2.24) is 5.32 Å². The number of methoxy groups -OCH3 is 1. The fourth-order valence-electron chi connectivity index (χ4n) is 2.11. The van der Waals surface area contributed by atoms with Gasteiger partial charge in [-0.05, 0) is 31.9 Å². The second kappa shape index (κ2) is 8.80. The van der Waals surface area contributed by atoms with Gasteiger partial charge in [0.25, 0.3) is 0 Å². The summed E-state index contributed by atoms with van der Waals surface area (Å²) < 4.78 is 10.9. The van der Waals surface area contributed by atoms with Crippen LogP contribution in [0.4, 0.5) is 0 Å². The maximum atomic E-state index is 12.5. The highest BCUT2D eigenvalue weighted by Crippen LogP contribution is 2.24. The Morgan fingerprint density at radius 2 is 1.95 bits per heavy atom. The van der Waals surface area contributed by atoms with Crippen LogP contribution in [0.25, 0.3) is 0 Å². The first kappa shape index (κ1) is 17.7. The first-order chi connectivity index (χ1) is 10.1. The third-order valence-corrected chi connectivity index (χ3v) is 3.64. The molecule has 0 aliphatic carbocycles. The SMILES string of the molecule is CCCNC(COC(C)CC)(C(=O)OC)c1ccccc1. The van der Waals surface area contributed by atoms with E-state index in [-0.39, 0.29) is 18.7 Å². The molecule has 0 aliphatic rings. The van der Waals surface area contributed by atoms with Crippen LogP contribution in [0.15, 0.2) is 30.3 Å². The van der Waals surface area contributed by atoms with Gasteiger partial charge in [-0.3, -0.25) is 5.32 Å². The number of esters is 1. The lowest BCUT2D eigenvalue weighted by Crippen LogP contribution is -2.54. The summed E-state index contributed by atoms with van der Waals surface area (Å²) in [5.41, 5.74) is -0.0799. The van der Waals surface area contributed by atoms with E-state index in [1.54, 1.807) is 0 Å². The van der Waals surface area contributed by atoms with Gasteiger partial charge < -0.3 is 9.47 Å². The van der Waals surface area contributed by atoms with Gasteiger partial charge in [-0.25, -0.2) is 4.79 Å². The van der Waals surface area contributed by atoms with Gasteiger partial charge in [-0.1, -0.05) is 44.2 Å². The Hall–Kier alpha value is -1.39. The van der Waals surface area contributed by atoms with Crippen molar-refractivity contribution in [2.24, 2.45) is 0 Å². The normalized spacial score (nSPS) is 15.2. The molecule has 0 saturated heterocycles. The zero-order valence-corrected chi connectivity index (χ0v) is 13.5. The molecule has 1 rings (SSSR count). The van der Waals surface area contributed by atoms with Gasteiger partial charge in [-0.15, -0.1) is 0 Å². The summed E-state index contributed by atoms with van der Waals surface area (Å²) in [4.78, 5) is 12.5. The van der Waals surface area contributed by atoms with E-state index < -0.39 is 5.54 Å². The molecule has 118 valence electrons. The van der Waals surface area contributed by atoms with Gasteiger partial charge in [0.2, 0.25) is 0 Å². The molecule has 2 atom stereocenters. The lowest BCUT2D eigenvalue weighted by Gasteiger charge is -2.33. The molecular weight excluding hydrogens is 266 g/mol. The van der Waals surface area contributed by atoms with Gasteiger partial charge in [-0.2, -0.15) is 0 Å². The van der Waals surface area contributed by atoms with Crippen LogP contribution >= 0.6 is 0 Å². The highest BCUT2D eigenvalue weighted by molar-refractivity contribution is 5.82. The highest BCUT2D eigenvalue weighted by atomic mass is 16.5. The summed E-state index contributed by atoms with van der Waals surface area (Å²) in [6, 6.07) is 9.63. The Labute approximate surface area is 127 Å². The van der Waals surface area contributed by atoms with Crippen LogP contribution in [0.3, 0.4) is 0 Å². The molecule has 4 nitrogen and oxygen atoms in total. The summed E-state index contributed by atoms with van der Waals surface area (Å²) in [7, 11) is 1.41. The lowest BCUT2D eigenvalue weighted by atomic mass is 9.90. The predicted molar refractivity (Wildman–Crippen MR) is 84.1 cm³/mol. The quantitative estimate of drug-likeness (QED) is 0.711. The minimum Gasteiger partial charge on any atom is -0.467 e. The van der Waals surface area contributed by atoms with Gasteiger partial charge >= 0.3 is 5.97 Å². The predicted octanol–water partition coefficient (Wildman–Crippen LogP) is 2.87. The molecule has 0 amide bonds. The third-order valence-electron chi connectivity index (χ3n) is 3.64. The molecule has 0 aliphatic heterocycles. The van der Waals surface area contributed by atoms with Crippen molar-refractivity contribution in [2.45, 2.75) is 45.3 Å². The Kier molecular flexibility index (Phi) is 7.40. The van der Waals surface area contributed by atoms with Gasteiger partial charge in [0, 0.05) is 0 Å². The molecule has 0 saturated carbocycles. The number of carbonyl (C=O) groups is 1. The summed E-state index contributed by atoms with van der Waals surface area (Å²) in [6.45, 7) is 7.11. The Morgan fingerprint density at radius 3 is 2.48 bits per heavy atom. The number of benzene rings is 1. The van der Waals surface area contributed by atoms with E-state index in [1.165, 1.54) is 7.11 Å². The van der Waals surface area contributed by atoms with Crippen LogP contribution < -0.4 is 5.32 Å². The van der Waals surface area contributed by atoms with E-state index >= 15 is 0 Å². The Morgan fingerprint density at radius 1 is 1.29 bits per heavy atom. The summed E-state index contributed by atoms with van der Waals surface area (Å²) in [6.07, 6.45) is 1.93. The van der Waals surface area contributed by atoms with E-state index in [2.05, 4.69) is 19.2 Å². The molecule has 1 N–H and O–H groups in total. The Bertz CT molecular complexity index is 421. The first-order valence-electron chi connectivity index (χ1n) is 7.61. The van der Waals surface area contributed by atoms with Crippen LogP contribution in [0.5, 0.6) is 0 Å². The highest BCUT2D eigenvalue weighted by Gasteiger charge is 2.41. The molecule has 1 aromatic rings. The molecule has 21 heavy (non-hydrogen) atoms. The maximum Gasteiger partial charge on any atom is 0.333 e. The molecular formula is C17H27NO3. The molecule has 0 radical (unpaired) electrons. The average Bonchev–Trinajstić information content (AvgIpc) is 2.55. The molecule has 0 heterocycles. The number of carbonyl (C=O) groups excluding carboxylic acids is 1. The second-order valence-electron chi connectivity index (χ2n) is 5.22. The molecule has 1 aromatic carbocycles. The van der Waals surface area contributed by atoms with E-state index in [4.69, 9.17) is 9.47 Å². The van der Waals surface area contributed by atoms with Crippen molar-refractivity contribution in [2.75, 3.05) is 20.3 Å². The number of hydrogen-bond acceptors (Lipinski definition) is 4. The Balaban J connectivity index is 3.11. The standard InChI is InChI=1S/C17H27NO3/c1-5-12-18-17(16(19)20-4,13-21-14(3)6-2)15-10-8-7-9-11-15/h7-11,14,18H,5-6,12-13H2,1-4H3. The molecule has 0 spiro atoms. The largest absolute Gasteiger partial charge is 0.467 e. The fraction of sp³-hybridized carbons (Fsp3) is 0.588. The van der Waals surface area contributed by atoms with Crippen molar-refractivity contribution < 1.29 is 14.3 Å². The zero-order valence-electron chi connectivity index (χ0n) is 13.5. The van der Waals surface area contributed by atoms with E-state index in [0.717, 1.165) is 18.4 Å². The van der Waals surface area contributed by atoms with Crippen molar-refractivity contribution >= 4 is 5.97 Å². The number of nitrogens with one attached hydrogen (secondary N) is 1. The van der Waals surface area contributed by atoms with Crippen LogP contribution in [-0.2, 0) is 19.8 Å². The summed E-state index contributed by atoms with van der Waals surface area (Å²) in [5.74, 6) is -0.314. The van der Waals surface area contributed by atoms with Crippen molar-refractivity contribution in [3.63, 3.8) is 0 Å². The zero-order chi connectivity index (χ0) is 15.7. The number of hydrogen-bond donors (Lipinski definition) is 1. The molecule has 2 unspecified atom stereocenters. The van der Waals surface area contributed by atoms with Gasteiger partial charge in [0.15, 0.2) is 5.54 Å². The molecule has 0 fully saturated rings. The summed E-state index contributed by atoms with van der Waals surface area (Å²) >= 11 is 0.